The van der Waals surface area contributed by atoms with E-state index in [0.717, 1.165) is 10.6 Å². The highest BCUT2D eigenvalue weighted by Crippen LogP contribution is 2.21. The van der Waals surface area contributed by atoms with Crippen molar-refractivity contribution in [1.82, 2.24) is 5.32 Å². The maximum Gasteiger partial charge on any atom is 0.240 e. The van der Waals surface area contributed by atoms with Crippen LogP contribution < -0.4 is 19.1 Å². The number of nitrogens with one attached hydrogen (secondary N) is 1. The molecule has 1 amide bonds. The SMILES string of the molecule is COc1cccc(OCCNC(=O)CN(c2cccc(Cl)c2)S(C)(=O)=O)c1. The maximum atomic E-state index is 12.1. The van der Waals surface area contributed by atoms with Gasteiger partial charge in [0, 0.05) is 11.1 Å². The fourth-order valence-corrected chi connectivity index (χ4v) is 3.30. The van der Waals surface area contributed by atoms with Crippen molar-refractivity contribution in [3.05, 3.63) is 53.6 Å². The van der Waals surface area contributed by atoms with Gasteiger partial charge in [-0.3, -0.25) is 9.10 Å². The van der Waals surface area contributed by atoms with Crippen LogP contribution in [0.15, 0.2) is 48.5 Å². The molecule has 7 nitrogen and oxygen atoms in total. The van der Waals surface area contributed by atoms with E-state index in [9.17, 15) is 13.2 Å². The van der Waals surface area contributed by atoms with E-state index in [1.807, 2.05) is 0 Å². The Bertz CT molecular complexity index is 889. The average Bonchev–Trinajstić information content (AvgIpc) is 2.62. The van der Waals surface area contributed by atoms with Crippen molar-refractivity contribution in [1.29, 1.82) is 0 Å². The molecule has 0 heterocycles. The summed E-state index contributed by atoms with van der Waals surface area (Å²) in [6, 6.07) is 13.4. The summed E-state index contributed by atoms with van der Waals surface area (Å²) in [6.45, 7) is 0.108. The molecule has 0 fully saturated rings. The Labute approximate surface area is 163 Å². The van der Waals surface area contributed by atoms with Gasteiger partial charge in [-0.05, 0) is 30.3 Å². The van der Waals surface area contributed by atoms with Gasteiger partial charge in [-0.15, -0.1) is 0 Å². The summed E-state index contributed by atoms with van der Waals surface area (Å²) < 4.78 is 35.7. The van der Waals surface area contributed by atoms with E-state index in [4.69, 9.17) is 21.1 Å². The van der Waals surface area contributed by atoms with Crippen molar-refractivity contribution < 1.29 is 22.7 Å². The van der Waals surface area contributed by atoms with Crippen LogP contribution in [-0.2, 0) is 14.8 Å². The van der Waals surface area contributed by atoms with Crippen molar-refractivity contribution in [2.75, 3.05) is 37.4 Å². The first kappa shape index (κ1) is 20.9. The number of methoxy groups -OCH3 is 1. The molecule has 146 valence electrons. The molecule has 0 aromatic heterocycles. The number of sulfonamides is 1. The predicted molar refractivity (Wildman–Crippen MR) is 105 cm³/mol. The number of nitrogens with zero attached hydrogens (tertiary/aromatic N) is 1. The van der Waals surface area contributed by atoms with E-state index in [1.165, 1.54) is 6.07 Å². The Kier molecular flexibility index (Phi) is 7.32. The molecule has 27 heavy (non-hydrogen) atoms. The normalized spacial score (nSPS) is 10.9. The van der Waals surface area contributed by atoms with Gasteiger partial charge in [0.2, 0.25) is 15.9 Å². The highest BCUT2D eigenvalue weighted by atomic mass is 35.5. The Morgan fingerprint density at radius 1 is 1.15 bits per heavy atom. The molecule has 0 saturated carbocycles. The predicted octanol–water partition coefficient (Wildman–Crippen LogP) is 2.31. The summed E-state index contributed by atoms with van der Waals surface area (Å²) >= 11 is 5.91. The van der Waals surface area contributed by atoms with Crippen LogP contribution in [-0.4, -0.2) is 47.4 Å². The molecule has 2 rings (SSSR count). The first-order valence-electron chi connectivity index (χ1n) is 8.06. The summed E-state index contributed by atoms with van der Waals surface area (Å²) in [5.74, 6) is 0.830. The molecular formula is C18H21ClN2O5S. The molecule has 1 N–H and O–H groups in total. The fraction of sp³-hybridized carbons (Fsp3) is 0.278. The lowest BCUT2D eigenvalue weighted by Gasteiger charge is -2.22. The van der Waals surface area contributed by atoms with Gasteiger partial charge in [0.1, 0.15) is 24.7 Å². The lowest BCUT2D eigenvalue weighted by Crippen LogP contribution is -2.41. The number of hydrogen-bond acceptors (Lipinski definition) is 5. The van der Waals surface area contributed by atoms with Crippen molar-refractivity contribution >= 4 is 33.2 Å². The lowest BCUT2D eigenvalue weighted by atomic mass is 10.3. The Balaban J connectivity index is 1.88. The quantitative estimate of drug-likeness (QED) is 0.639. The third kappa shape index (κ3) is 6.65. The molecule has 0 aliphatic rings. The van der Waals surface area contributed by atoms with E-state index < -0.39 is 15.9 Å². The molecule has 0 aliphatic heterocycles. The molecule has 0 aliphatic carbocycles. The Morgan fingerprint density at radius 3 is 2.52 bits per heavy atom. The van der Waals surface area contributed by atoms with E-state index in [2.05, 4.69) is 5.32 Å². The summed E-state index contributed by atoms with van der Waals surface area (Å²) in [5.41, 5.74) is 0.327. The van der Waals surface area contributed by atoms with E-state index in [0.29, 0.717) is 22.2 Å². The zero-order chi connectivity index (χ0) is 19.9. The zero-order valence-corrected chi connectivity index (χ0v) is 16.6. The first-order chi connectivity index (χ1) is 12.8. The van der Waals surface area contributed by atoms with Gasteiger partial charge < -0.3 is 14.8 Å². The highest BCUT2D eigenvalue weighted by Gasteiger charge is 2.20. The second kappa shape index (κ2) is 9.48. The van der Waals surface area contributed by atoms with Crippen LogP contribution in [0, 0.1) is 0 Å². The number of ether oxygens (including phenoxy) is 2. The fourth-order valence-electron chi connectivity index (χ4n) is 2.27. The van der Waals surface area contributed by atoms with E-state index in [-0.39, 0.29) is 19.7 Å². The van der Waals surface area contributed by atoms with Crippen molar-refractivity contribution in [3.63, 3.8) is 0 Å². The molecule has 2 aromatic carbocycles. The number of hydrogen-bond donors (Lipinski definition) is 1. The minimum atomic E-state index is -3.64. The topological polar surface area (TPSA) is 84.9 Å². The third-order valence-corrected chi connectivity index (χ3v) is 4.89. The van der Waals surface area contributed by atoms with Gasteiger partial charge in [0.05, 0.1) is 25.6 Å². The van der Waals surface area contributed by atoms with Gasteiger partial charge >= 0.3 is 0 Å². The van der Waals surface area contributed by atoms with Gasteiger partial charge in [0.25, 0.3) is 0 Å². The van der Waals surface area contributed by atoms with Crippen molar-refractivity contribution in [3.8, 4) is 11.5 Å². The number of carbonyl (C=O) groups excluding carboxylic acids is 1. The smallest absolute Gasteiger partial charge is 0.240 e. The number of carbonyl (C=O) groups is 1. The Morgan fingerprint density at radius 2 is 1.85 bits per heavy atom. The standard InChI is InChI=1S/C18H21ClN2O5S/c1-25-16-7-4-8-17(12-16)26-10-9-20-18(22)13-21(27(2,23)24)15-6-3-5-14(19)11-15/h3-8,11-12H,9-10,13H2,1-2H3,(H,20,22). The van der Waals surface area contributed by atoms with Crippen LogP contribution in [0.1, 0.15) is 0 Å². The molecule has 0 spiro atoms. The molecular weight excluding hydrogens is 392 g/mol. The molecule has 0 radical (unpaired) electrons. The third-order valence-electron chi connectivity index (χ3n) is 3.52. The van der Waals surface area contributed by atoms with Crippen LogP contribution in [0.2, 0.25) is 5.02 Å². The lowest BCUT2D eigenvalue weighted by molar-refractivity contribution is -0.119. The van der Waals surface area contributed by atoms with Gasteiger partial charge in [-0.25, -0.2) is 8.42 Å². The van der Waals surface area contributed by atoms with Crippen LogP contribution >= 0.6 is 11.6 Å². The summed E-state index contributed by atoms with van der Waals surface area (Å²) in [5, 5.41) is 3.02. The summed E-state index contributed by atoms with van der Waals surface area (Å²) in [7, 11) is -2.08. The van der Waals surface area contributed by atoms with Crippen LogP contribution in [0.3, 0.4) is 0 Å². The number of amides is 1. The number of anilines is 1. The summed E-state index contributed by atoms with van der Waals surface area (Å²) in [6.07, 6.45) is 1.03. The second-order valence-corrected chi connectivity index (χ2v) is 7.97. The molecule has 0 saturated heterocycles. The second-order valence-electron chi connectivity index (χ2n) is 5.63. The van der Waals surface area contributed by atoms with Crippen LogP contribution in [0.4, 0.5) is 5.69 Å². The monoisotopic (exact) mass is 412 g/mol. The molecule has 9 heteroatoms. The molecule has 2 aromatic rings. The van der Waals surface area contributed by atoms with Crippen molar-refractivity contribution in [2.24, 2.45) is 0 Å². The summed E-state index contributed by atoms with van der Waals surface area (Å²) in [4.78, 5) is 12.1. The zero-order valence-electron chi connectivity index (χ0n) is 15.0. The maximum absolute atomic E-state index is 12.1. The van der Waals surface area contributed by atoms with Gasteiger partial charge in [0.15, 0.2) is 0 Å². The van der Waals surface area contributed by atoms with E-state index in [1.54, 1.807) is 49.6 Å². The molecule has 0 bridgehead atoms. The number of rotatable bonds is 9. The number of halogens is 1. The van der Waals surface area contributed by atoms with Crippen LogP contribution in [0.25, 0.3) is 0 Å². The minimum absolute atomic E-state index is 0.225. The molecule has 0 atom stereocenters. The van der Waals surface area contributed by atoms with Gasteiger partial charge in [-0.1, -0.05) is 23.7 Å². The van der Waals surface area contributed by atoms with E-state index >= 15 is 0 Å². The number of benzene rings is 2. The first-order valence-corrected chi connectivity index (χ1v) is 10.3. The highest BCUT2D eigenvalue weighted by molar-refractivity contribution is 7.92. The minimum Gasteiger partial charge on any atom is -0.497 e. The van der Waals surface area contributed by atoms with Crippen LogP contribution in [0.5, 0.6) is 11.5 Å². The average molecular weight is 413 g/mol. The van der Waals surface area contributed by atoms with Crippen molar-refractivity contribution in [2.45, 2.75) is 0 Å². The molecule has 0 unspecified atom stereocenters. The largest absolute Gasteiger partial charge is 0.497 e. The van der Waals surface area contributed by atoms with Gasteiger partial charge in [-0.2, -0.15) is 0 Å². The Hall–Kier alpha value is -2.45.